The van der Waals surface area contributed by atoms with Crippen LogP contribution in [-0.4, -0.2) is 37.7 Å². The number of aromatic nitrogens is 3. The number of hydrogen-bond donors (Lipinski definition) is 2. The van der Waals surface area contributed by atoms with Gasteiger partial charge in [-0.25, -0.2) is 19.7 Å². The van der Waals surface area contributed by atoms with E-state index in [1.807, 2.05) is 0 Å². The molecule has 2 aromatic heterocycles. The number of amides is 4. The summed E-state index contributed by atoms with van der Waals surface area (Å²) in [5.41, 5.74) is 5.32. The first kappa shape index (κ1) is 18.7. The van der Waals surface area contributed by atoms with Gasteiger partial charge < -0.3 is 11.1 Å². The molecule has 3 heterocycles. The van der Waals surface area contributed by atoms with E-state index in [1.54, 1.807) is 49.0 Å². The zero-order valence-electron chi connectivity index (χ0n) is 15.3. The number of carbonyl (C=O) groups is 3. The molecule has 4 rings (SSSR count). The highest BCUT2D eigenvalue weighted by molar-refractivity contribution is 7.13. The number of thiazole rings is 1. The number of carbonyl (C=O) groups excluding carboxylic acids is 3. The average molecular weight is 408 g/mol. The van der Waals surface area contributed by atoms with Crippen LogP contribution in [-0.2, 0) is 16.9 Å². The van der Waals surface area contributed by atoms with E-state index in [-0.39, 0.29) is 12.1 Å². The number of rotatable bonds is 5. The lowest BCUT2D eigenvalue weighted by Gasteiger charge is -2.22. The predicted octanol–water partition coefficient (Wildman–Crippen LogP) is 1.67. The van der Waals surface area contributed by atoms with Crippen LogP contribution in [0.15, 0.2) is 48.1 Å². The topological polar surface area (TPSA) is 131 Å². The molecule has 3 N–H and O–H groups in total. The molecule has 1 fully saturated rings. The van der Waals surface area contributed by atoms with Crippen molar-refractivity contribution in [1.29, 1.82) is 0 Å². The molecule has 0 bridgehead atoms. The normalized spacial score (nSPS) is 18.7. The Hall–Kier alpha value is -3.66. The first-order valence-corrected chi connectivity index (χ1v) is 9.53. The Morgan fingerprint density at radius 3 is 2.72 bits per heavy atom. The van der Waals surface area contributed by atoms with E-state index >= 15 is 0 Å². The van der Waals surface area contributed by atoms with Crippen LogP contribution in [0.4, 0.5) is 4.79 Å². The highest BCUT2D eigenvalue weighted by Gasteiger charge is 2.49. The van der Waals surface area contributed by atoms with E-state index in [0.717, 1.165) is 4.90 Å². The summed E-state index contributed by atoms with van der Waals surface area (Å²) in [6.07, 6.45) is 3.24. The average Bonchev–Trinajstić information content (AvgIpc) is 3.28. The molecular weight excluding hydrogens is 392 g/mol. The smallest absolute Gasteiger partial charge is 0.325 e. The third-order valence-electron chi connectivity index (χ3n) is 4.63. The Balaban J connectivity index is 1.58. The number of primary amides is 1. The van der Waals surface area contributed by atoms with E-state index in [4.69, 9.17) is 5.73 Å². The van der Waals surface area contributed by atoms with E-state index < -0.39 is 23.4 Å². The lowest BCUT2D eigenvalue weighted by atomic mass is 9.90. The van der Waals surface area contributed by atoms with Crippen LogP contribution in [0.5, 0.6) is 0 Å². The van der Waals surface area contributed by atoms with Gasteiger partial charge in [0.1, 0.15) is 5.54 Å². The monoisotopic (exact) mass is 408 g/mol. The number of nitrogens with two attached hydrogens (primary N) is 1. The minimum Gasteiger partial charge on any atom is -0.366 e. The Morgan fingerprint density at radius 2 is 2.00 bits per heavy atom. The fourth-order valence-corrected chi connectivity index (χ4v) is 3.83. The highest BCUT2D eigenvalue weighted by atomic mass is 32.1. The summed E-state index contributed by atoms with van der Waals surface area (Å²) < 4.78 is 0. The van der Waals surface area contributed by atoms with Crippen LogP contribution in [0.3, 0.4) is 0 Å². The van der Waals surface area contributed by atoms with Crippen molar-refractivity contribution in [2.24, 2.45) is 5.73 Å². The van der Waals surface area contributed by atoms with E-state index in [9.17, 15) is 14.4 Å². The molecule has 1 aliphatic rings. The molecule has 1 saturated heterocycles. The van der Waals surface area contributed by atoms with Crippen molar-refractivity contribution in [3.05, 3.63) is 64.9 Å². The zero-order chi connectivity index (χ0) is 20.6. The molecule has 3 aromatic rings. The molecule has 1 unspecified atom stereocenters. The molecule has 0 aliphatic carbocycles. The number of imide groups is 1. The molecule has 0 radical (unpaired) electrons. The van der Waals surface area contributed by atoms with Gasteiger partial charge in [0.05, 0.1) is 12.2 Å². The summed E-state index contributed by atoms with van der Waals surface area (Å²) >= 11 is 1.33. The van der Waals surface area contributed by atoms with Crippen molar-refractivity contribution in [2.75, 3.05) is 0 Å². The van der Waals surface area contributed by atoms with Gasteiger partial charge in [0.15, 0.2) is 10.8 Å². The second-order valence-electron chi connectivity index (χ2n) is 6.61. The molecule has 1 atom stereocenters. The lowest BCUT2D eigenvalue weighted by Crippen LogP contribution is -2.41. The van der Waals surface area contributed by atoms with Crippen LogP contribution in [0, 0.1) is 0 Å². The van der Waals surface area contributed by atoms with Crippen molar-refractivity contribution >= 4 is 29.2 Å². The van der Waals surface area contributed by atoms with Gasteiger partial charge >= 0.3 is 6.03 Å². The molecule has 146 valence electrons. The minimum absolute atomic E-state index is 0.0130. The van der Waals surface area contributed by atoms with Crippen molar-refractivity contribution in [3.8, 4) is 10.8 Å². The van der Waals surface area contributed by atoms with Crippen LogP contribution in [0.2, 0.25) is 0 Å². The Kier molecular flexibility index (Phi) is 4.55. The molecule has 9 nitrogen and oxygen atoms in total. The largest absolute Gasteiger partial charge is 0.366 e. The minimum atomic E-state index is -1.30. The van der Waals surface area contributed by atoms with Gasteiger partial charge in [-0.2, -0.15) is 0 Å². The molecule has 1 aromatic carbocycles. The summed E-state index contributed by atoms with van der Waals surface area (Å²) in [7, 11) is 0. The van der Waals surface area contributed by atoms with Crippen LogP contribution in [0.25, 0.3) is 10.8 Å². The lowest BCUT2D eigenvalue weighted by molar-refractivity contribution is -0.131. The van der Waals surface area contributed by atoms with Gasteiger partial charge in [-0.05, 0) is 30.7 Å². The van der Waals surface area contributed by atoms with Gasteiger partial charge in [-0.15, -0.1) is 11.3 Å². The van der Waals surface area contributed by atoms with Gasteiger partial charge in [0.25, 0.3) is 5.91 Å². The quantitative estimate of drug-likeness (QED) is 0.617. The van der Waals surface area contributed by atoms with E-state index in [0.29, 0.717) is 22.1 Å². The molecule has 0 saturated carbocycles. The Bertz CT molecular complexity index is 1120. The van der Waals surface area contributed by atoms with Crippen LogP contribution in [0.1, 0.15) is 28.5 Å². The van der Waals surface area contributed by atoms with Gasteiger partial charge in [0.2, 0.25) is 5.91 Å². The molecule has 4 amide bonds. The van der Waals surface area contributed by atoms with E-state index in [1.165, 1.54) is 17.4 Å². The highest BCUT2D eigenvalue weighted by Crippen LogP contribution is 2.31. The van der Waals surface area contributed by atoms with Gasteiger partial charge in [-0.3, -0.25) is 14.5 Å². The maximum Gasteiger partial charge on any atom is 0.325 e. The Labute approximate surface area is 169 Å². The molecular formula is C19H16N6O3S. The fourth-order valence-electron chi connectivity index (χ4n) is 3.07. The van der Waals surface area contributed by atoms with Gasteiger partial charge in [0, 0.05) is 23.3 Å². The standard InChI is InChI=1S/C19H16N6O3S/c1-19(12-5-2-4-11(8-12)14(20)26)17(27)25(18(28)24-19)9-13-10-29-16(23-13)15-21-6-3-7-22-15/h2-8,10H,9H2,1H3,(H2,20,26)(H,24,28). The summed E-state index contributed by atoms with van der Waals surface area (Å²) in [6.45, 7) is 1.61. The first-order valence-electron chi connectivity index (χ1n) is 8.65. The number of urea groups is 1. The summed E-state index contributed by atoms with van der Waals surface area (Å²) in [4.78, 5) is 50.9. The van der Waals surface area contributed by atoms with Crippen LogP contribution >= 0.6 is 11.3 Å². The van der Waals surface area contributed by atoms with Crippen molar-refractivity contribution < 1.29 is 14.4 Å². The first-order chi connectivity index (χ1) is 13.9. The fraction of sp³-hybridized carbons (Fsp3) is 0.158. The Morgan fingerprint density at radius 1 is 1.24 bits per heavy atom. The number of benzene rings is 1. The molecule has 1 aliphatic heterocycles. The van der Waals surface area contributed by atoms with Crippen molar-refractivity contribution in [2.45, 2.75) is 19.0 Å². The third-order valence-corrected chi connectivity index (χ3v) is 5.52. The maximum absolute atomic E-state index is 13.1. The zero-order valence-corrected chi connectivity index (χ0v) is 16.1. The predicted molar refractivity (Wildman–Crippen MR) is 105 cm³/mol. The summed E-state index contributed by atoms with van der Waals surface area (Å²) in [6, 6.07) is 7.53. The molecule has 0 spiro atoms. The maximum atomic E-state index is 13.1. The number of nitrogens with one attached hydrogen (secondary N) is 1. The van der Waals surface area contributed by atoms with Gasteiger partial charge in [-0.1, -0.05) is 12.1 Å². The second kappa shape index (κ2) is 7.06. The van der Waals surface area contributed by atoms with Crippen molar-refractivity contribution in [3.63, 3.8) is 0 Å². The molecule has 29 heavy (non-hydrogen) atoms. The van der Waals surface area contributed by atoms with Crippen LogP contribution < -0.4 is 11.1 Å². The summed E-state index contributed by atoms with van der Waals surface area (Å²) in [5.74, 6) is -0.564. The molecule has 10 heteroatoms. The summed E-state index contributed by atoms with van der Waals surface area (Å²) in [5, 5.41) is 5.07. The number of nitrogens with zero attached hydrogens (tertiary/aromatic N) is 4. The van der Waals surface area contributed by atoms with Crippen molar-refractivity contribution in [1.82, 2.24) is 25.2 Å². The SMILES string of the molecule is CC1(c2cccc(C(N)=O)c2)NC(=O)N(Cc2csc(-c3ncccn3)n2)C1=O. The van der Waals surface area contributed by atoms with E-state index in [2.05, 4.69) is 20.3 Å². The number of hydrogen-bond acceptors (Lipinski definition) is 7. The third kappa shape index (κ3) is 3.34. The second-order valence-corrected chi connectivity index (χ2v) is 7.47.